The van der Waals surface area contributed by atoms with Crippen LogP contribution in [0.1, 0.15) is 12.5 Å². The number of amides is 1. The lowest BCUT2D eigenvalue weighted by molar-refractivity contribution is -0.118. The van der Waals surface area contributed by atoms with Crippen LogP contribution in [0.25, 0.3) is 22.3 Å². The second-order valence-corrected chi connectivity index (χ2v) is 8.12. The van der Waals surface area contributed by atoms with Crippen LogP contribution in [0.3, 0.4) is 0 Å². The van der Waals surface area contributed by atoms with E-state index in [4.69, 9.17) is 23.2 Å². The topological polar surface area (TPSA) is 102 Å². The molecule has 0 saturated heterocycles. The molecule has 0 spiro atoms. The zero-order valence-corrected chi connectivity index (χ0v) is 19.2. The second-order valence-electron chi connectivity index (χ2n) is 7.30. The fourth-order valence-corrected chi connectivity index (χ4v) is 3.66. The largest absolute Gasteiger partial charge is 0.366 e. The van der Waals surface area contributed by atoms with Gasteiger partial charge >= 0.3 is 0 Å². The molecule has 2 N–H and O–H groups in total. The Morgan fingerprint density at radius 2 is 1.97 bits per heavy atom. The van der Waals surface area contributed by atoms with Gasteiger partial charge in [0, 0.05) is 50.6 Å². The molecule has 4 rings (SSSR count). The van der Waals surface area contributed by atoms with Crippen LogP contribution >= 0.6 is 23.2 Å². The van der Waals surface area contributed by atoms with Crippen molar-refractivity contribution in [1.29, 1.82) is 0 Å². The molecule has 33 heavy (non-hydrogen) atoms. The molecule has 8 nitrogen and oxygen atoms in total. The molecule has 0 fully saturated rings. The number of halogens is 2. The first-order chi connectivity index (χ1) is 15.9. The predicted octanol–water partition coefficient (Wildman–Crippen LogP) is 3.91. The average Bonchev–Trinajstić information content (AvgIpc) is 2.81. The molecular formula is C23H20Cl2N6O2. The fraction of sp³-hybridized carbons (Fsp3) is 0.174. The van der Waals surface area contributed by atoms with Crippen molar-refractivity contribution < 1.29 is 4.79 Å². The monoisotopic (exact) mass is 482 g/mol. The van der Waals surface area contributed by atoms with E-state index in [1.807, 2.05) is 6.07 Å². The number of nitrogens with one attached hydrogen (secondary N) is 2. The van der Waals surface area contributed by atoms with Gasteiger partial charge in [0.2, 0.25) is 5.91 Å². The number of carbonyl (C=O) groups excluding carboxylic acids is 1. The number of rotatable bonds is 7. The Bertz CT molecular complexity index is 1370. The molecule has 4 aromatic rings. The Hall–Kier alpha value is -3.49. The molecule has 0 aliphatic rings. The number of hydrogen-bond donors (Lipinski definition) is 2. The van der Waals surface area contributed by atoms with E-state index in [1.165, 1.54) is 6.92 Å². The number of hydrogen-bond acceptors (Lipinski definition) is 6. The number of anilines is 1. The highest BCUT2D eigenvalue weighted by Crippen LogP contribution is 2.23. The number of aromatic nitrogens is 4. The lowest BCUT2D eigenvalue weighted by atomic mass is 10.2. The van der Waals surface area contributed by atoms with Gasteiger partial charge in [-0.3, -0.25) is 14.6 Å². The maximum absolute atomic E-state index is 13.3. The third kappa shape index (κ3) is 5.30. The van der Waals surface area contributed by atoms with Crippen LogP contribution in [0, 0.1) is 0 Å². The van der Waals surface area contributed by atoms with Crippen LogP contribution in [-0.2, 0) is 17.9 Å². The van der Waals surface area contributed by atoms with Gasteiger partial charge in [0.1, 0.15) is 17.0 Å². The van der Waals surface area contributed by atoms with Crippen molar-refractivity contribution in [2.45, 2.75) is 20.0 Å². The summed E-state index contributed by atoms with van der Waals surface area (Å²) in [6, 6.07) is 10.7. The number of fused-ring (bicyclic) bond motifs is 1. The Morgan fingerprint density at radius 3 is 2.70 bits per heavy atom. The second kappa shape index (κ2) is 9.97. The Morgan fingerprint density at radius 1 is 1.12 bits per heavy atom. The highest BCUT2D eigenvalue weighted by molar-refractivity contribution is 6.42. The first-order valence-electron chi connectivity index (χ1n) is 10.2. The molecule has 3 aromatic heterocycles. The maximum Gasteiger partial charge on any atom is 0.277 e. The maximum atomic E-state index is 13.3. The number of benzene rings is 1. The molecule has 1 aromatic carbocycles. The van der Waals surface area contributed by atoms with E-state index in [0.717, 1.165) is 5.56 Å². The highest BCUT2D eigenvalue weighted by Gasteiger charge is 2.14. The number of nitrogens with zero attached hydrogens (tertiary/aromatic N) is 4. The fourth-order valence-electron chi connectivity index (χ4n) is 3.34. The average molecular weight is 483 g/mol. The summed E-state index contributed by atoms with van der Waals surface area (Å²) in [6.07, 6.45) is 4.84. The molecule has 10 heteroatoms. The minimum absolute atomic E-state index is 0.167. The molecule has 0 aliphatic carbocycles. The summed E-state index contributed by atoms with van der Waals surface area (Å²) in [4.78, 5) is 37.7. The van der Waals surface area contributed by atoms with E-state index >= 15 is 0 Å². The van der Waals surface area contributed by atoms with E-state index in [1.54, 1.807) is 53.5 Å². The number of carbonyl (C=O) groups is 1. The van der Waals surface area contributed by atoms with Crippen LogP contribution in [0.5, 0.6) is 0 Å². The van der Waals surface area contributed by atoms with Gasteiger partial charge in [0.25, 0.3) is 5.56 Å². The predicted molar refractivity (Wildman–Crippen MR) is 130 cm³/mol. The summed E-state index contributed by atoms with van der Waals surface area (Å²) >= 11 is 12.1. The van der Waals surface area contributed by atoms with Gasteiger partial charge in [0.15, 0.2) is 0 Å². The van der Waals surface area contributed by atoms with Crippen molar-refractivity contribution in [2.24, 2.45) is 0 Å². The SMILES string of the molecule is CC(=O)NCCn1c(=O)c(-c2cccnc2)nc2cnc(NCc3ccc(Cl)c(Cl)c3)cc21. The van der Waals surface area contributed by atoms with E-state index in [9.17, 15) is 9.59 Å². The Labute approximate surface area is 199 Å². The van der Waals surface area contributed by atoms with E-state index in [0.29, 0.717) is 45.5 Å². The van der Waals surface area contributed by atoms with Gasteiger partial charge in [-0.2, -0.15) is 0 Å². The van der Waals surface area contributed by atoms with Crippen LogP contribution in [0.15, 0.2) is 59.8 Å². The summed E-state index contributed by atoms with van der Waals surface area (Å²) in [5.74, 6) is 0.400. The lowest BCUT2D eigenvalue weighted by Crippen LogP contribution is -2.31. The van der Waals surface area contributed by atoms with Crippen LogP contribution in [-0.4, -0.2) is 32.0 Å². The van der Waals surface area contributed by atoms with Crippen molar-refractivity contribution in [3.63, 3.8) is 0 Å². The molecule has 168 valence electrons. The van der Waals surface area contributed by atoms with Gasteiger partial charge in [-0.1, -0.05) is 29.3 Å². The van der Waals surface area contributed by atoms with Crippen LogP contribution in [0.4, 0.5) is 5.82 Å². The van der Waals surface area contributed by atoms with Crippen LogP contribution < -0.4 is 16.2 Å². The lowest BCUT2D eigenvalue weighted by Gasteiger charge is -2.14. The first-order valence-corrected chi connectivity index (χ1v) is 10.9. The standard InChI is InChI=1S/C23H20Cl2N6O2/c1-14(32)27-7-8-31-20-10-21(28-11-15-4-5-17(24)18(25)9-15)29-13-19(20)30-22(23(31)33)16-3-2-6-26-12-16/h2-6,9-10,12-13H,7-8,11H2,1H3,(H,27,32)(H,28,29). The smallest absolute Gasteiger partial charge is 0.277 e. The van der Waals surface area contributed by atoms with Gasteiger partial charge in [-0.15, -0.1) is 0 Å². The number of pyridine rings is 2. The molecule has 0 unspecified atom stereocenters. The van der Waals surface area contributed by atoms with Crippen molar-refractivity contribution in [3.05, 3.63) is 81.0 Å². The van der Waals surface area contributed by atoms with Crippen molar-refractivity contribution >= 4 is 46.0 Å². The third-order valence-corrected chi connectivity index (χ3v) is 5.67. The van der Waals surface area contributed by atoms with Gasteiger partial charge in [0.05, 0.1) is 21.8 Å². The van der Waals surface area contributed by atoms with E-state index in [-0.39, 0.29) is 23.7 Å². The third-order valence-electron chi connectivity index (χ3n) is 4.93. The highest BCUT2D eigenvalue weighted by atomic mass is 35.5. The summed E-state index contributed by atoms with van der Waals surface area (Å²) in [6.45, 7) is 2.48. The normalized spacial score (nSPS) is 10.9. The van der Waals surface area contributed by atoms with E-state index in [2.05, 4.69) is 25.6 Å². The zero-order chi connectivity index (χ0) is 23.4. The van der Waals surface area contributed by atoms with E-state index < -0.39 is 0 Å². The quantitative estimate of drug-likeness (QED) is 0.414. The zero-order valence-electron chi connectivity index (χ0n) is 17.7. The van der Waals surface area contributed by atoms with Crippen molar-refractivity contribution in [3.8, 4) is 11.3 Å². The summed E-state index contributed by atoms with van der Waals surface area (Å²) < 4.78 is 1.59. The van der Waals surface area contributed by atoms with Gasteiger partial charge in [-0.05, 0) is 29.8 Å². The molecule has 0 bridgehead atoms. The summed E-state index contributed by atoms with van der Waals surface area (Å²) in [5, 5.41) is 6.92. The Balaban J connectivity index is 1.71. The summed E-state index contributed by atoms with van der Waals surface area (Å²) in [5.41, 5.74) is 2.69. The van der Waals surface area contributed by atoms with Gasteiger partial charge < -0.3 is 15.2 Å². The molecule has 0 atom stereocenters. The molecule has 0 aliphatic heterocycles. The first kappa shape index (κ1) is 22.7. The van der Waals surface area contributed by atoms with Crippen molar-refractivity contribution in [1.82, 2.24) is 24.8 Å². The minimum Gasteiger partial charge on any atom is -0.366 e. The molecular weight excluding hydrogens is 463 g/mol. The molecule has 0 radical (unpaired) electrons. The van der Waals surface area contributed by atoms with Gasteiger partial charge in [-0.25, -0.2) is 9.97 Å². The minimum atomic E-state index is -0.275. The molecule has 1 amide bonds. The summed E-state index contributed by atoms with van der Waals surface area (Å²) in [7, 11) is 0. The molecule has 3 heterocycles. The van der Waals surface area contributed by atoms with Crippen molar-refractivity contribution in [2.75, 3.05) is 11.9 Å². The molecule has 0 saturated carbocycles. The Kier molecular flexibility index (Phi) is 6.86. The van der Waals surface area contributed by atoms with Crippen LogP contribution in [0.2, 0.25) is 10.0 Å².